The largest absolute Gasteiger partial charge is 0.493 e. The molecule has 178 valence electrons. The molecule has 2 aromatic heterocycles. The van der Waals surface area contributed by atoms with Crippen LogP contribution in [-0.2, 0) is 5.67 Å². The summed E-state index contributed by atoms with van der Waals surface area (Å²) >= 11 is 6.74. The molecule has 3 fully saturated rings. The Balaban J connectivity index is 1.37. The number of anilines is 3. The molecule has 3 aliphatic rings. The first-order chi connectivity index (χ1) is 16.6. The third-order valence-corrected chi connectivity index (χ3v) is 7.42. The van der Waals surface area contributed by atoms with Crippen LogP contribution in [0.2, 0.25) is 5.02 Å². The van der Waals surface area contributed by atoms with Gasteiger partial charge in [0.2, 0.25) is 0 Å². The summed E-state index contributed by atoms with van der Waals surface area (Å²) in [5, 5.41) is 1.46. The van der Waals surface area contributed by atoms with Gasteiger partial charge in [0.15, 0.2) is 23.1 Å². The lowest BCUT2D eigenvalue weighted by Gasteiger charge is -2.37. The topological polar surface area (TPSA) is 57.6 Å². The first kappa shape index (κ1) is 21.6. The number of alkyl halides is 1. The molecule has 0 amide bonds. The van der Waals surface area contributed by atoms with Crippen molar-refractivity contribution in [3.63, 3.8) is 0 Å². The lowest BCUT2D eigenvalue weighted by atomic mass is 10.1. The molecule has 0 radical (unpaired) electrons. The van der Waals surface area contributed by atoms with E-state index in [2.05, 4.69) is 30.7 Å². The average molecular weight is 483 g/mol. The number of piperazine rings is 1. The number of rotatable bonds is 5. The lowest BCUT2D eigenvalue weighted by molar-refractivity contribution is 0.301. The lowest BCUT2D eigenvalue weighted by Crippen LogP contribution is -2.47. The predicted molar refractivity (Wildman–Crippen MR) is 133 cm³/mol. The first-order valence-electron chi connectivity index (χ1n) is 12.0. The second-order valence-electron chi connectivity index (χ2n) is 9.36. The van der Waals surface area contributed by atoms with E-state index in [1.54, 1.807) is 13.3 Å². The van der Waals surface area contributed by atoms with Crippen molar-refractivity contribution in [1.82, 2.24) is 15.0 Å². The zero-order valence-electron chi connectivity index (χ0n) is 19.3. The average Bonchev–Trinajstić information content (AvgIpc) is 3.39. The highest BCUT2D eigenvalue weighted by Crippen LogP contribution is 2.49. The van der Waals surface area contributed by atoms with E-state index in [1.807, 2.05) is 18.2 Å². The Labute approximate surface area is 203 Å². The summed E-state index contributed by atoms with van der Waals surface area (Å²) in [6, 6.07) is 7.91. The van der Waals surface area contributed by atoms with Gasteiger partial charge in [-0.2, -0.15) is 0 Å². The number of hydrogen-bond donors (Lipinski definition) is 0. The fourth-order valence-electron chi connectivity index (χ4n) is 5.00. The van der Waals surface area contributed by atoms with Crippen LogP contribution >= 0.6 is 11.6 Å². The van der Waals surface area contributed by atoms with Gasteiger partial charge in [0.05, 0.1) is 17.6 Å². The summed E-state index contributed by atoms with van der Waals surface area (Å²) in [6.45, 7) is 5.03. The first-order valence-corrected chi connectivity index (χ1v) is 12.4. The maximum atomic E-state index is 15.1. The second-order valence-corrected chi connectivity index (χ2v) is 9.76. The van der Waals surface area contributed by atoms with E-state index in [4.69, 9.17) is 21.3 Å². The number of pyridine rings is 1. The van der Waals surface area contributed by atoms with Crippen molar-refractivity contribution in [3.8, 4) is 5.75 Å². The number of ether oxygens (including phenoxy) is 1. The van der Waals surface area contributed by atoms with E-state index in [1.165, 1.54) is 12.8 Å². The maximum Gasteiger partial charge on any atom is 0.171 e. The van der Waals surface area contributed by atoms with Crippen molar-refractivity contribution in [3.05, 3.63) is 41.3 Å². The van der Waals surface area contributed by atoms with Gasteiger partial charge in [-0.3, -0.25) is 0 Å². The number of benzene rings is 1. The van der Waals surface area contributed by atoms with Gasteiger partial charge in [-0.1, -0.05) is 11.6 Å². The van der Waals surface area contributed by atoms with Crippen LogP contribution in [0.25, 0.3) is 10.9 Å². The van der Waals surface area contributed by atoms with Crippen molar-refractivity contribution < 1.29 is 9.13 Å². The Morgan fingerprint density at radius 2 is 1.65 bits per heavy atom. The summed E-state index contributed by atoms with van der Waals surface area (Å²) in [5.74, 6) is 2.65. The molecule has 4 heterocycles. The molecule has 2 saturated heterocycles. The standard InChI is InChI=1S/C25H28ClFN6O/c1-34-20-5-4-8-28-23(20)33-13-11-32(12-14-33)22-18-15-17(31-9-2-3-10-31)16-19(26)21(18)29-24(30-22)25(27)6-7-25/h4-5,8,15-16H,2-3,6-7,9-14H2,1H3. The van der Waals surface area contributed by atoms with Crippen LogP contribution in [0.4, 0.5) is 21.7 Å². The van der Waals surface area contributed by atoms with Crippen LogP contribution in [0.1, 0.15) is 31.5 Å². The quantitative estimate of drug-likeness (QED) is 0.528. The van der Waals surface area contributed by atoms with Crippen LogP contribution in [0.15, 0.2) is 30.5 Å². The summed E-state index contributed by atoms with van der Waals surface area (Å²) in [6.07, 6.45) is 5.08. The maximum absolute atomic E-state index is 15.1. The normalized spacial score (nSPS) is 19.7. The SMILES string of the molecule is COc1cccnc1N1CCN(c2nc(C3(F)CC3)nc3c(Cl)cc(N4CCCC4)cc23)CC1. The van der Waals surface area contributed by atoms with Gasteiger partial charge < -0.3 is 19.4 Å². The Bertz CT molecular complexity index is 1220. The molecule has 7 nitrogen and oxygen atoms in total. The molecule has 1 aliphatic carbocycles. The fraction of sp³-hybridized carbons (Fsp3) is 0.480. The molecule has 0 unspecified atom stereocenters. The number of halogens is 2. The molecule has 3 aromatic rings. The highest BCUT2D eigenvalue weighted by molar-refractivity contribution is 6.35. The van der Waals surface area contributed by atoms with Crippen molar-refractivity contribution in [2.24, 2.45) is 0 Å². The van der Waals surface area contributed by atoms with Gasteiger partial charge >= 0.3 is 0 Å². The van der Waals surface area contributed by atoms with Crippen molar-refractivity contribution in [2.75, 3.05) is 61.1 Å². The van der Waals surface area contributed by atoms with Gasteiger partial charge in [0, 0.05) is 56.5 Å². The van der Waals surface area contributed by atoms with E-state index in [-0.39, 0.29) is 5.82 Å². The monoisotopic (exact) mass is 482 g/mol. The van der Waals surface area contributed by atoms with Crippen LogP contribution in [0.3, 0.4) is 0 Å². The van der Waals surface area contributed by atoms with E-state index in [0.717, 1.165) is 67.7 Å². The highest BCUT2D eigenvalue weighted by atomic mass is 35.5. The number of nitrogens with zero attached hydrogens (tertiary/aromatic N) is 6. The Morgan fingerprint density at radius 3 is 2.32 bits per heavy atom. The van der Waals surface area contributed by atoms with Crippen molar-refractivity contribution in [2.45, 2.75) is 31.4 Å². The number of methoxy groups -OCH3 is 1. The minimum absolute atomic E-state index is 0.264. The number of hydrogen-bond acceptors (Lipinski definition) is 7. The van der Waals surface area contributed by atoms with E-state index in [9.17, 15) is 0 Å². The van der Waals surface area contributed by atoms with Crippen molar-refractivity contribution in [1.29, 1.82) is 0 Å². The van der Waals surface area contributed by atoms with Crippen LogP contribution in [0.5, 0.6) is 5.75 Å². The Morgan fingerprint density at radius 1 is 0.941 bits per heavy atom. The second kappa shape index (κ2) is 8.41. The predicted octanol–water partition coefficient (Wildman–Crippen LogP) is 4.57. The molecule has 6 rings (SSSR count). The molecule has 0 bridgehead atoms. The number of fused-ring (bicyclic) bond motifs is 1. The third kappa shape index (κ3) is 3.78. The molecule has 1 saturated carbocycles. The minimum atomic E-state index is -1.43. The van der Waals surface area contributed by atoms with Gasteiger partial charge in [-0.05, 0) is 49.9 Å². The number of aromatic nitrogens is 3. The van der Waals surface area contributed by atoms with E-state index >= 15 is 4.39 Å². The molecule has 1 aromatic carbocycles. The molecule has 34 heavy (non-hydrogen) atoms. The summed E-state index contributed by atoms with van der Waals surface area (Å²) in [4.78, 5) is 20.8. The molecule has 0 spiro atoms. The fourth-order valence-corrected chi connectivity index (χ4v) is 5.26. The molecular formula is C25H28ClFN6O. The zero-order valence-corrected chi connectivity index (χ0v) is 20.1. The zero-order chi connectivity index (χ0) is 23.3. The molecule has 0 N–H and O–H groups in total. The third-order valence-electron chi connectivity index (χ3n) is 7.13. The van der Waals surface area contributed by atoms with Gasteiger partial charge in [0.25, 0.3) is 0 Å². The summed E-state index contributed by atoms with van der Waals surface area (Å²) in [7, 11) is 1.66. The molecule has 2 aliphatic heterocycles. The van der Waals surface area contributed by atoms with E-state index in [0.29, 0.717) is 23.4 Å². The molecular weight excluding hydrogens is 455 g/mol. The van der Waals surface area contributed by atoms with Crippen LogP contribution in [0, 0.1) is 0 Å². The van der Waals surface area contributed by atoms with Gasteiger partial charge in [-0.25, -0.2) is 19.3 Å². The van der Waals surface area contributed by atoms with Crippen LogP contribution in [-0.4, -0.2) is 61.3 Å². The summed E-state index contributed by atoms with van der Waals surface area (Å²) < 4.78 is 20.6. The smallest absolute Gasteiger partial charge is 0.171 e. The minimum Gasteiger partial charge on any atom is -0.493 e. The van der Waals surface area contributed by atoms with Gasteiger partial charge in [-0.15, -0.1) is 0 Å². The Hall–Kier alpha value is -2.87. The van der Waals surface area contributed by atoms with E-state index < -0.39 is 5.67 Å². The van der Waals surface area contributed by atoms with Crippen molar-refractivity contribution >= 4 is 39.8 Å². The van der Waals surface area contributed by atoms with Gasteiger partial charge in [0.1, 0.15) is 5.82 Å². The highest BCUT2D eigenvalue weighted by Gasteiger charge is 2.48. The molecule has 9 heteroatoms. The molecule has 0 atom stereocenters. The Kier molecular flexibility index (Phi) is 5.36. The summed E-state index contributed by atoms with van der Waals surface area (Å²) in [5.41, 5.74) is 0.302. The van der Waals surface area contributed by atoms with Crippen LogP contribution < -0.4 is 19.4 Å².